The monoisotopic (exact) mass is 432 g/mol. The van der Waals surface area contributed by atoms with E-state index >= 15 is 0 Å². The Morgan fingerprint density at radius 3 is 2.27 bits per heavy atom. The maximum Gasteiger partial charge on any atom is 0.241 e. The molecular weight excluding hydrogens is 404 g/mol. The van der Waals surface area contributed by atoms with Crippen LogP contribution >= 0.6 is 0 Å². The van der Waals surface area contributed by atoms with Crippen molar-refractivity contribution in [2.45, 2.75) is 45.6 Å². The second kappa shape index (κ2) is 10.3. The minimum absolute atomic E-state index is 0.0309. The van der Waals surface area contributed by atoms with E-state index in [4.69, 9.17) is 5.26 Å². The first kappa shape index (κ1) is 23.5. The van der Waals surface area contributed by atoms with Crippen molar-refractivity contribution >= 4 is 21.9 Å². The molecule has 0 saturated heterocycles. The topological polar surface area (TPSA) is 141 Å². The highest BCUT2D eigenvalue weighted by Crippen LogP contribution is 2.21. The average Bonchev–Trinajstić information content (AvgIpc) is 2.65. The van der Waals surface area contributed by atoms with Gasteiger partial charge in [-0.15, -0.1) is 0 Å². The summed E-state index contributed by atoms with van der Waals surface area (Å²) in [5.74, 6) is 0.928. The Labute approximate surface area is 177 Å². The fourth-order valence-corrected chi connectivity index (χ4v) is 3.42. The minimum Gasteiger partial charge on any atom is -0.394 e. The fourth-order valence-electron chi connectivity index (χ4n) is 3.00. The van der Waals surface area contributed by atoms with Crippen LogP contribution in [0, 0.1) is 17.2 Å². The predicted molar refractivity (Wildman–Crippen MR) is 116 cm³/mol. The Morgan fingerprint density at radius 1 is 1.10 bits per heavy atom. The van der Waals surface area contributed by atoms with Gasteiger partial charge in [-0.2, -0.15) is 20.2 Å². The molecule has 0 aliphatic rings. The van der Waals surface area contributed by atoms with Gasteiger partial charge in [0, 0.05) is 6.42 Å². The van der Waals surface area contributed by atoms with E-state index in [1.807, 2.05) is 32.9 Å². The van der Waals surface area contributed by atoms with Crippen molar-refractivity contribution in [2.24, 2.45) is 5.92 Å². The Morgan fingerprint density at radius 2 is 1.73 bits per heavy atom. The van der Waals surface area contributed by atoms with Crippen molar-refractivity contribution in [3.63, 3.8) is 0 Å². The average molecular weight is 433 g/mol. The predicted octanol–water partition coefficient (Wildman–Crippen LogP) is 2.28. The second-order valence-corrected chi connectivity index (χ2v) is 9.51. The normalized spacial score (nSPS) is 13.5. The number of sulfonamides is 1. The van der Waals surface area contributed by atoms with Crippen molar-refractivity contribution in [3.05, 3.63) is 41.2 Å². The molecule has 0 fully saturated rings. The van der Waals surface area contributed by atoms with Crippen LogP contribution in [0.1, 0.15) is 50.1 Å². The summed E-state index contributed by atoms with van der Waals surface area (Å²) in [5.41, 5.74) is 1.59. The van der Waals surface area contributed by atoms with Crippen LogP contribution in [0.25, 0.3) is 0 Å². The van der Waals surface area contributed by atoms with Crippen molar-refractivity contribution in [1.82, 2.24) is 15.0 Å². The lowest BCUT2D eigenvalue weighted by Crippen LogP contribution is -2.27. The Balaban J connectivity index is 2.29. The zero-order valence-corrected chi connectivity index (χ0v) is 18.4. The number of anilines is 2. The van der Waals surface area contributed by atoms with Gasteiger partial charge in [-0.3, -0.25) is 4.72 Å². The zero-order chi connectivity index (χ0) is 22.3. The molecule has 0 aliphatic heterocycles. The van der Waals surface area contributed by atoms with E-state index in [-0.39, 0.29) is 30.5 Å². The molecule has 1 heterocycles. The molecule has 2 atom stereocenters. The zero-order valence-electron chi connectivity index (χ0n) is 17.6. The molecule has 0 unspecified atom stereocenters. The standard InChI is InChI=1S/C20H28N6O3S/c1-13(2)9-17(12-27)22-19-23-18(24-20(25-19)26-30(4,28)29)10-14(3)16-7-5-15(11-21)6-8-16/h5-8,13-14,17,27H,9-10,12H2,1-4H3,(H2,22,23,24,25,26)/t14-,17+/m0/s1. The highest BCUT2D eigenvalue weighted by atomic mass is 32.2. The third-order valence-corrected chi connectivity index (χ3v) is 4.92. The number of hydrogen-bond acceptors (Lipinski definition) is 8. The molecule has 0 spiro atoms. The van der Waals surface area contributed by atoms with Crippen molar-refractivity contribution in [3.8, 4) is 6.07 Å². The van der Waals surface area contributed by atoms with E-state index in [2.05, 4.69) is 31.1 Å². The van der Waals surface area contributed by atoms with Gasteiger partial charge in [0.15, 0.2) is 0 Å². The third-order valence-electron chi connectivity index (χ3n) is 4.37. The van der Waals surface area contributed by atoms with Crippen LogP contribution < -0.4 is 10.0 Å². The quantitative estimate of drug-likeness (QED) is 0.519. The van der Waals surface area contributed by atoms with Crippen LogP contribution in [0.3, 0.4) is 0 Å². The number of nitrogens with one attached hydrogen (secondary N) is 2. The van der Waals surface area contributed by atoms with E-state index in [0.29, 0.717) is 30.1 Å². The summed E-state index contributed by atoms with van der Waals surface area (Å²) in [6, 6.07) is 9.09. The molecular formula is C20H28N6O3S. The Hall–Kier alpha value is -2.77. The molecule has 30 heavy (non-hydrogen) atoms. The summed E-state index contributed by atoms with van der Waals surface area (Å²) in [6.07, 6.45) is 2.17. The van der Waals surface area contributed by atoms with Gasteiger partial charge in [0.2, 0.25) is 21.9 Å². The van der Waals surface area contributed by atoms with E-state index < -0.39 is 10.0 Å². The maximum absolute atomic E-state index is 11.7. The molecule has 1 aromatic carbocycles. The summed E-state index contributed by atoms with van der Waals surface area (Å²) < 4.78 is 25.6. The second-order valence-electron chi connectivity index (χ2n) is 7.77. The highest BCUT2D eigenvalue weighted by Gasteiger charge is 2.17. The van der Waals surface area contributed by atoms with E-state index in [9.17, 15) is 13.5 Å². The van der Waals surface area contributed by atoms with E-state index in [1.54, 1.807) is 12.1 Å². The van der Waals surface area contributed by atoms with Gasteiger partial charge in [0.1, 0.15) is 5.82 Å². The van der Waals surface area contributed by atoms with E-state index in [0.717, 1.165) is 11.8 Å². The van der Waals surface area contributed by atoms with E-state index in [1.165, 1.54) is 0 Å². The number of benzene rings is 1. The Bertz CT molecular complexity index is 987. The number of nitriles is 1. The molecule has 0 amide bonds. The van der Waals surface area contributed by atoms with Gasteiger partial charge in [-0.05, 0) is 36.0 Å². The Kier molecular flexibility index (Phi) is 8.08. The molecule has 10 heteroatoms. The first-order valence-corrected chi connectivity index (χ1v) is 11.6. The molecule has 9 nitrogen and oxygen atoms in total. The number of nitrogens with zero attached hydrogens (tertiary/aromatic N) is 4. The largest absolute Gasteiger partial charge is 0.394 e. The summed E-state index contributed by atoms with van der Waals surface area (Å²) in [7, 11) is -3.56. The molecule has 3 N–H and O–H groups in total. The van der Waals surface area contributed by atoms with Crippen LogP contribution in [-0.4, -0.2) is 47.4 Å². The van der Waals surface area contributed by atoms with Crippen LogP contribution in [-0.2, 0) is 16.4 Å². The molecule has 2 aromatic rings. The van der Waals surface area contributed by atoms with Crippen LogP contribution in [0.5, 0.6) is 0 Å². The minimum atomic E-state index is -3.56. The summed E-state index contributed by atoms with van der Waals surface area (Å²) in [4.78, 5) is 12.8. The lowest BCUT2D eigenvalue weighted by Gasteiger charge is -2.19. The molecule has 0 saturated carbocycles. The van der Waals surface area contributed by atoms with Crippen LogP contribution in [0.4, 0.5) is 11.9 Å². The van der Waals surface area contributed by atoms with Crippen molar-refractivity contribution in [2.75, 3.05) is 22.9 Å². The molecule has 162 valence electrons. The van der Waals surface area contributed by atoms with Crippen molar-refractivity contribution < 1.29 is 13.5 Å². The number of rotatable bonds is 10. The van der Waals surface area contributed by atoms with Gasteiger partial charge in [0.05, 0.1) is 30.5 Å². The number of hydrogen-bond donors (Lipinski definition) is 3. The summed E-state index contributed by atoms with van der Waals surface area (Å²) in [6.45, 7) is 5.98. The lowest BCUT2D eigenvalue weighted by molar-refractivity contribution is 0.259. The highest BCUT2D eigenvalue weighted by molar-refractivity contribution is 7.91. The summed E-state index contributed by atoms with van der Waals surface area (Å²) in [5, 5.41) is 21.6. The number of aliphatic hydroxyl groups is 1. The smallest absolute Gasteiger partial charge is 0.241 e. The molecule has 0 radical (unpaired) electrons. The summed E-state index contributed by atoms with van der Waals surface area (Å²) >= 11 is 0. The maximum atomic E-state index is 11.7. The molecule has 2 rings (SSSR count). The SMILES string of the molecule is CC(C)C[C@H](CO)Nc1nc(C[C@H](C)c2ccc(C#N)cc2)nc(NS(C)(=O)=O)n1. The molecule has 0 bridgehead atoms. The van der Waals surface area contributed by atoms with Crippen molar-refractivity contribution in [1.29, 1.82) is 5.26 Å². The first-order chi connectivity index (χ1) is 14.1. The number of aromatic nitrogens is 3. The molecule has 0 aliphatic carbocycles. The van der Waals surface area contributed by atoms with Gasteiger partial charge < -0.3 is 10.4 Å². The number of aliphatic hydroxyl groups excluding tert-OH is 1. The fraction of sp³-hybridized carbons (Fsp3) is 0.500. The van der Waals surface area contributed by atoms with Crippen LogP contribution in [0.2, 0.25) is 0 Å². The molecule has 1 aromatic heterocycles. The lowest BCUT2D eigenvalue weighted by atomic mass is 9.96. The van der Waals surface area contributed by atoms with Gasteiger partial charge >= 0.3 is 0 Å². The van der Waals surface area contributed by atoms with Gasteiger partial charge in [0.25, 0.3) is 0 Å². The van der Waals surface area contributed by atoms with Gasteiger partial charge in [-0.25, -0.2) is 8.42 Å². The van der Waals surface area contributed by atoms with Gasteiger partial charge in [-0.1, -0.05) is 32.9 Å². The van der Waals surface area contributed by atoms with Crippen LogP contribution in [0.15, 0.2) is 24.3 Å². The third kappa shape index (κ3) is 7.57. The first-order valence-electron chi connectivity index (χ1n) is 9.69.